The Kier molecular flexibility index (Phi) is 3.71. The van der Waals surface area contributed by atoms with Crippen LogP contribution in [0.4, 0.5) is 5.69 Å². The van der Waals surface area contributed by atoms with Gasteiger partial charge in [-0.05, 0) is 24.3 Å². The Balaban J connectivity index is 2.70. The number of allylic oxidation sites excluding steroid dienone is 1. The minimum Gasteiger partial charge on any atom is -0.360 e. The van der Waals surface area contributed by atoms with Gasteiger partial charge in [0.05, 0.1) is 16.7 Å². The van der Waals surface area contributed by atoms with Gasteiger partial charge in [-0.15, -0.1) is 0 Å². The monoisotopic (exact) mass is 206 g/mol. The molecule has 4 heteroatoms. The van der Waals surface area contributed by atoms with Gasteiger partial charge in [0.15, 0.2) is 6.29 Å². The van der Waals surface area contributed by atoms with Crippen molar-refractivity contribution in [3.05, 3.63) is 41.1 Å². The van der Waals surface area contributed by atoms with Gasteiger partial charge < -0.3 is 5.32 Å². The van der Waals surface area contributed by atoms with Crippen molar-refractivity contribution in [3.8, 4) is 6.07 Å². The molecule has 1 rings (SSSR count). The normalized spacial score (nSPS) is 10.4. The summed E-state index contributed by atoms with van der Waals surface area (Å²) in [7, 11) is 0. The van der Waals surface area contributed by atoms with E-state index < -0.39 is 0 Å². The van der Waals surface area contributed by atoms with Crippen LogP contribution >= 0.6 is 11.6 Å². The molecule has 0 saturated carbocycles. The number of nitriles is 1. The summed E-state index contributed by atoms with van der Waals surface area (Å²) < 4.78 is 0. The number of carbonyl (C=O) groups excluding carboxylic acids is 1. The fourth-order valence-corrected chi connectivity index (χ4v) is 0.882. The summed E-state index contributed by atoms with van der Waals surface area (Å²) in [6.07, 6.45) is 1.92. The van der Waals surface area contributed by atoms with Crippen LogP contribution in [0.25, 0.3) is 0 Å². The third-order valence-corrected chi connectivity index (χ3v) is 1.70. The molecule has 0 heterocycles. The Hall–Kier alpha value is -1.79. The minimum atomic E-state index is 0.0920. The van der Waals surface area contributed by atoms with Crippen molar-refractivity contribution in [1.82, 2.24) is 0 Å². The average Bonchev–Trinajstić information content (AvgIpc) is 2.26. The Morgan fingerprint density at radius 3 is 2.57 bits per heavy atom. The molecule has 0 unspecified atom stereocenters. The number of carbonyl (C=O) groups is 1. The second kappa shape index (κ2) is 5.05. The standard InChI is InChI=1S/C10H7ClN2O/c11-9(7-14)6-13-10-3-1-8(5-12)2-4-10/h1-4,6-7,13H/b9-6-. The molecule has 0 aromatic heterocycles. The summed E-state index contributed by atoms with van der Waals surface area (Å²) in [5, 5.41) is 11.4. The van der Waals surface area contributed by atoms with E-state index in [0.717, 1.165) is 5.69 Å². The zero-order valence-corrected chi connectivity index (χ0v) is 7.95. The first-order chi connectivity index (χ1) is 6.76. The van der Waals surface area contributed by atoms with Crippen molar-refractivity contribution in [1.29, 1.82) is 5.26 Å². The smallest absolute Gasteiger partial charge is 0.162 e. The lowest BCUT2D eigenvalue weighted by molar-refractivity contribution is -0.104. The number of nitrogens with one attached hydrogen (secondary N) is 1. The molecule has 0 radical (unpaired) electrons. The van der Waals surface area contributed by atoms with E-state index in [1.165, 1.54) is 6.20 Å². The van der Waals surface area contributed by atoms with Gasteiger partial charge in [-0.25, -0.2) is 0 Å². The molecule has 1 N–H and O–H groups in total. The first-order valence-corrected chi connectivity index (χ1v) is 4.21. The van der Waals surface area contributed by atoms with E-state index in [1.54, 1.807) is 24.3 Å². The summed E-state index contributed by atoms with van der Waals surface area (Å²) in [6, 6.07) is 8.80. The third kappa shape index (κ3) is 2.92. The fourth-order valence-electron chi connectivity index (χ4n) is 0.827. The van der Waals surface area contributed by atoms with Crippen LogP contribution in [0, 0.1) is 11.3 Å². The van der Waals surface area contributed by atoms with Crippen molar-refractivity contribution in [2.75, 3.05) is 5.32 Å². The number of aldehydes is 1. The molecule has 0 saturated heterocycles. The quantitative estimate of drug-likeness (QED) is 0.610. The molecule has 0 aliphatic carbocycles. The molecular weight excluding hydrogens is 200 g/mol. The van der Waals surface area contributed by atoms with E-state index in [0.29, 0.717) is 11.8 Å². The predicted molar refractivity (Wildman–Crippen MR) is 54.8 cm³/mol. The van der Waals surface area contributed by atoms with E-state index in [2.05, 4.69) is 5.32 Å². The van der Waals surface area contributed by atoms with Gasteiger partial charge >= 0.3 is 0 Å². The highest BCUT2D eigenvalue weighted by molar-refractivity contribution is 6.38. The molecule has 0 atom stereocenters. The minimum absolute atomic E-state index is 0.0920. The van der Waals surface area contributed by atoms with Crippen LogP contribution in [0.1, 0.15) is 5.56 Å². The van der Waals surface area contributed by atoms with Crippen molar-refractivity contribution >= 4 is 23.6 Å². The first-order valence-electron chi connectivity index (χ1n) is 3.84. The van der Waals surface area contributed by atoms with Crippen LogP contribution in [0.2, 0.25) is 0 Å². The van der Waals surface area contributed by atoms with Crippen LogP contribution in [0.3, 0.4) is 0 Å². The number of hydrogen-bond donors (Lipinski definition) is 1. The van der Waals surface area contributed by atoms with Crippen molar-refractivity contribution in [2.24, 2.45) is 0 Å². The lowest BCUT2D eigenvalue weighted by Gasteiger charge is -1.99. The topological polar surface area (TPSA) is 52.9 Å². The maximum absolute atomic E-state index is 10.1. The van der Waals surface area contributed by atoms with Crippen LogP contribution in [0.15, 0.2) is 35.5 Å². The highest BCUT2D eigenvalue weighted by Crippen LogP contribution is 2.09. The molecule has 0 amide bonds. The molecule has 0 spiro atoms. The second-order valence-electron chi connectivity index (χ2n) is 2.48. The molecule has 3 nitrogen and oxygen atoms in total. The summed E-state index contributed by atoms with van der Waals surface area (Å²) in [4.78, 5) is 10.1. The van der Waals surface area contributed by atoms with Gasteiger partial charge in [0.1, 0.15) is 0 Å². The number of rotatable bonds is 3. The molecular formula is C10H7ClN2O. The first kappa shape index (κ1) is 10.3. The SMILES string of the molecule is N#Cc1ccc(N/C=C(\Cl)C=O)cc1. The van der Waals surface area contributed by atoms with E-state index >= 15 is 0 Å². The van der Waals surface area contributed by atoms with Gasteiger partial charge in [-0.1, -0.05) is 11.6 Å². The van der Waals surface area contributed by atoms with Crippen molar-refractivity contribution in [3.63, 3.8) is 0 Å². The molecule has 0 fully saturated rings. The van der Waals surface area contributed by atoms with Gasteiger partial charge in [-0.2, -0.15) is 5.26 Å². The van der Waals surface area contributed by atoms with Crippen molar-refractivity contribution < 1.29 is 4.79 Å². The van der Waals surface area contributed by atoms with Gasteiger partial charge in [0, 0.05) is 11.9 Å². The molecule has 0 aliphatic rings. The summed E-state index contributed by atoms with van der Waals surface area (Å²) in [5.41, 5.74) is 1.35. The van der Waals surface area contributed by atoms with E-state index in [4.69, 9.17) is 16.9 Å². The highest BCUT2D eigenvalue weighted by atomic mass is 35.5. The average molecular weight is 207 g/mol. The van der Waals surface area contributed by atoms with Crippen LogP contribution in [0.5, 0.6) is 0 Å². The Morgan fingerprint density at radius 1 is 1.43 bits per heavy atom. The van der Waals surface area contributed by atoms with Crippen LogP contribution in [-0.4, -0.2) is 6.29 Å². The number of nitrogens with zero attached hydrogens (tertiary/aromatic N) is 1. The van der Waals surface area contributed by atoms with Crippen LogP contribution in [-0.2, 0) is 4.79 Å². The Labute approximate surface area is 86.6 Å². The molecule has 1 aromatic carbocycles. The predicted octanol–water partition coefficient (Wildman–Crippen LogP) is 2.25. The zero-order chi connectivity index (χ0) is 10.4. The van der Waals surface area contributed by atoms with Gasteiger partial charge in [0.2, 0.25) is 0 Å². The van der Waals surface area contributed by atoms with E-state index in [9.17, 15) is 4.79 Å². The maximum atomic E-state index is 10.1. The maximum Gasteiger partial charge on any atom is 0.162 e. The largest absolute Gasteiger partial charge is 0.360 e. The molecule has 1 aromatic rings. The van der Waals surface area contributed by atoms with E-state index in [1.807, 2.05) is 6.07 Å². The Bertz CT molecular complexity index is 390. The molecule has 0 aliphatic heterocycles. The summed E-state index contributed by atoms with van der Waals surface area (Å²) in [5.74, 6) is 0. The lowest BCUT2D eigenvalue weighted by atomic mass is 10.2. The zero-order valence-electron chi connectivity index (χ0n) is 7.20. The Morgan fingerprint density at radius 2 is 2.07 bits per heavy atom. The fraction of sp³-hybridized carbons (Fsp3) is 0. The third-order valence-electron chi connectivity index (χ3n) is 1.50. The number of hydrogen-bond acceptors (Lipinski definition) is 3. The van der Waals surface area contributed by atoms with E-state index in [-0.39, 0.29) is 5.03 Å². The molecule has 14 heavy (non-hydrogen) atoms. The number of anilines is 1. The molecule has 70 valence electrons. The summed E-state index contributed by atoms with van der Waals surface area (Å²) in [6.45, 7) is 0. The lowest BCUT2D eigenvalue weighted by Crippen LogP contribution is -1.89. The summed E-state index contributed by atoms with van der Waals surface area (Å²) >= 11 is 5.45. The molecule has 0 bridgehead atoms. The number of halogens is 1. The van der Waals surface area contributed by atoms with Crippen molar-refractivity contribution in [2.45, 2.75) is 0 Å². The van der Waals surface area contributed by atoms with Gasteiger partial charge in [0.25, 0.3) is 0 Å². The van der Waals surface area contributed by atoms with Crippen LogP contribution < -0.4 is 5.32 Å². The van der Waals surface area contributed by atoms with Gasteiger partial charge in [-0.3, -0.25) is 4.79 Å². The highest BCUT2D eigenvalue weighted by Gasteiger charge is 1.91. The number of benzene rings is 1. The second-order valence-corrected chi connectivity index (χ2v) is 2.92.